The zero-order valence-electron chi connectivity index (χ0n) is 15.0. The Labute approximate surface area is 167 Å². The van der Waals surface area contributed by atoms with E-state index in [4.69, 9.17) is 28.9 Å². The van der Waals surface area contributed by atoms with E-state index in [1.807, 2.05) is 0 Å². The highest BCUT2D eigenvalue weighted by Crippen LogP contribution is 2.49. The van der Waals surface area contributed by atoms with Gasteiger partial charge in [-0.15, -0.1) is 6.58 Å². The Bertz CT molecular complexity index is 490. The van der Waals surface area contributed by atoms with Gasteiger partial charge in [-0.2, -0.15) is 23.5 Å². The number of carboxylic acids is 2. The van der Waals surface area contributed by atoms with Crippen molar-refractivity contribution in [2.45, 2.75) is 24.5 Å². The first-order valence-corrected chi connectivity index (χ1v) is 11.9. The summed E-state index contributed by atoms with van der Waals surface area (Å²) in [4.78, 5) is 21.2. The van der Waals surface area contributed by atoms with Crippen LogP contribution in [-0.4, -0.2) is 76.2 Å². The van der Waals surface area contributed by atoms with Gasteiger partial charge in [-0.25, -0.2) is 4.57 Å². The van der Waals surface area contributed by atoms with Crippen LogP contribution in [0.1, 0.15) is 19.3 Å². The smallest absolute Gasteiger partial charge is 0.475 e. The molecule has 0 spiro atoms. The van der Waals surface area contributed by atoms with Crippen LogP contribution in [0.15, 0.2) is 12.7 Å². The molecular formula is C15H27O9PS2. The average molecular weight is 446 g/mol. The van der Waals surface area contributed by atoms with E-state index in [9.17, 15) is 14.2 Å². The Morgan fingerprint density at radius 1 is 1.07 bits per heavy atom. The third-order valence-corrected chi connectivity index (χ3v) is 6.93. The molecule has 0 aliphatic heterocycles. The summed E-state index contributed by atoms with van der Waals surface area (Å²) in [5, 5.41) is 26.2. The first-order chi connectivity index (χ1) is 12.8. The zero-order valence-corrected chi connectivity index (χ0v) is 17.5. The Kier molecular flexibility index (Phi) is 16.1. The fraction of sp³-hybridized carbons (Fsp3) is 0.733. The molecule has 12 heteroatoms. The number of aliphatic carboxylic acids is 2. The molecule has 2 atom stereocenters. The minimum Gasteiger partial charge on any atom is -0.481 e. The second kappa shape index (κ2) is 16.4. The minimum absolute atomic E-state index is 0.00570. The molecule has 0 aromatic heterocycles. The van der Waals surface area contributed by atoms with E-state index in [1.165, 1.54) is 29.6 Å². The first-order valence-electron chi connectivity index (χ1n) is 8.21. The molecule has 0 amide bonds. The maximum Gasteiger partial charge on any atom is 0.475 e. The summed E-state index contributed by atoms with van der Waals surface area (Å²) < 4.78 is 27.6. The zero-order chi connectivity index (χ0) is 20.5. The van der Waals surface area contributed by atoms with Crippen LogP contribution in [0.5, 0.6) is 0 Å². The molecule has 9 nitrogen and oxygen atoms in total. The predicted molar refractivity (Wildman–Crippen MR) is 105 cm³/mol. The van der Waals surface area contributed by atoms with Gasteiger partial charge in [0.15, 0.2) is 0 Å². The van der Waals surface area contributed by atoms with Crippen molar-refractivity contribution in [1.29, 1.82) is 0 Å². The molecule has 0 aromatic carbocycles. The standard InChI is InChI=1S/C15H27O9PS2/c1-2-7-22-25(21,24-9-6-16)23-8-3-13(27-11-5-15(19)20)12-26-10-4-14(17)18/h2,13,16H,1,3-12H2,(H,17,18)(H,19,20). The van der Waals surface area contributed by atoms with Gasteiger partial charge in [0, 0.05) is 22.5 Å². The number of carbonyl (C=O) groups is 2. The largest absolute Gasteiger partial charge is 0.481 e. The van der Waals surface area contributed by atoms with Crippen molar-refractivity contribution in [2.75, 3.05) is 43.7 Å². The van der Waals surface area contributed by atoms with Gasteiger partial charge in [-0.05, 0) is 6.42 Å². The summed E-state index contributed by atoms with van der Waals surface area (Å²) in [6.07, 6.45) is 1.91. The summed E-state index contributed by atoms with van der Waals surface area (Å²) in [7, 11) is -3.81. The third kappa shape index (κ3) is 16.1. The number of hydrogen-bond donors (Lipinski definition) is 3. The van der Waals surface area contributed by atoms with E-state index in [1.54, 1.807) is 0 Å². The Hall–Kier alpha value is -0.550. The highest BCUT2D eigenvalue weighted by molar-refractivity contribution is 8.03. The first kappa shape index (κ1) is 26.4. The fourth-order valence-corrected chi connectivity index (χ4v) is 5.23. The maximum atomic E-state index is 12.4. The molecule has 0 aromatic rings. The topological polar surface area (TPSA) is 140 Å². The molecule has 0 rings (SSSR count). The fourth-order valence-electron chi connectivity index (χ4n) is 1.61. The van der Waals surface area contributed by atoms with Gasteiger partial charge in [0.05, 0.1) is 39.3 Å². The molecule has 0 saturated carbocycles. The number of hydrogen-bond acceptors (Lipinski definition) is 9. The van der Waals surface area contributed by atoms with E-state index in [0.29, 0.717) is 23.7 Å². The molecule has 0 fully saturated rings. The molecule has 0 heterocycles. The van der Waals surface area contributed by atoms with Gasteiger partial charge < -0.3 is 15.3 Å². The van der Waals surface area contributed by atoms with Crippen LogP contribution < -0.4 is 0 Å². The molecular weight excluding hydrogens is 419 g/mol. The lowest BCUT2D eigenvalue weighted by Gasteiger charge is -2.19. The van der Waals surface area contributed by atoms with Crippen molar-refractivity contribution in [2.24, 2.45) is 0 Å². The average Bonchev–Trinajstić information content (AvgIpc) is 2.61. The van der Waals surface area contributed by atoms with Crippen LogP contribution >= 0.6 is 31.3 Å². The quantitative estimate of drug-likeness (QED) is 0.153. The minimum atomic E-state index is -3.81. The monoisotopic (exact) mass is 446 g/mol. The Morgan fingerprint density at radius 3 is 2.30 bits per heavy atom. The summed E-state index contributed by atoms with van der Waals surface area (Å²) in [5.74, 6) is -0.299. The summed E-state index contributed by atoms with van der Waals surface area (Å²) in [6.45, 7) is 2.93. The molecule has 27 heavy (non-hydrogen) atoms. The molecule has 0 radical (unpaired) electrons. The lowest BCUT2D eigenvalue weighted by molar-refractivity contribution is -0.137. The van der Waals surface area contributed by atoms with Gasteiger partial charge in [0.25, 0.3) is 0 Å². The lowest BCUT2D eigenvalue weighted by atomic mass is 10.3. The number of carboxylic acid groups (broad SMARTS) is 2. The molecule has 158 valence electrons. The lowest BCUT2D eigenvalue weighted by Crippen LogP contribution is -2.14. The van der Waals surface area contributed by atoms with Gasteiger partial charge in [0.2, 0.25) is 0 Å². The number of phosphoric ester groups is 1. The van der Waals surface area contributed by atoms with Crippen molar-refractivity contribution in [3.8, 4) is 0 Å². The van der Waals surface area contributed by atoms with Gasteiger partial charge in [-0.1, -0.05) is 6.08 Å². The van der Waals surface area contributed by atoms with Gasteiger partial charge in [0.1, 0.15) is 0 Å². The van der Waals surface area contributed by atoms with Crippen LogP contribution in [-0.2, 0) is 27.7 Å². The van der Waals surface area contributed by atoms with Crippen LogP contribution in [0, 0.1) is 0 Å². The molecule has 3 N–H and O–H groups in total. The second-order valence-corrected chi connectivity index (χ2v) is 9.29. The van der Waals surface area contributed by atoms with Crippen LogP contribution in [0.3, 0.4) is 0 Å². The van der Waals surface area contributed by atoms with Crippen LogP contribution in [0.4, 0.5) is 0 Å². The number of aliphatic hydroxyl groups excluding tert-OH is 1. The van der Waals surface area contributed by atoms with Crippen molar-refractivity contribution in [3.05, 3.63) is 12.7 Å². The third-order valence-electron chi connectivity index (χ3n) is 2.81. The number of phosphoric acid groups is 1. The van der Waals surface area contributed by atoms with E-state index in [0.717, 1.165) is 0 Å². The van der Waals surface area contributed by atoms with Crippen molar-refractivity contribution in [1.82, 2.24) is 0 Å². The van der Waals surface area contributed by atoms with Gasteiger partial charge in [-0.3, -0.25) is 23.2 Å². The summed E-state index contributed by atoms with van der Waals surface area (Å²) in [5.41, 5.74) is 0. The molecule has 0 bridgehead atoms. The van der Waals surface area contributed by atoms with Gasteiger partial charge >= 0.3 is 19.8 Å². The van der Waals surface area contributed by atoms with Crippen LogP contribution in [0.2, 0.25) is 0 Å². The van der Waals surface area contributed by atoms with E-state index >= 15 is 0 Å². The van der Waals surface area contributed by atoms with Crippen LogP contribution in [0.25, 0.3) is 0 Å². The molecule has 0 saturated heterocycles. The van der Waals surface area contributed by atoms with Crippen molar-refractivity contribution in [3.63, 3.8) is 0 Å². The van der Waals surface area contributed by atoms with Crippen molar-refractivity contribution < 1.29 is 43.0 Å². The summed E-state index contributed by atoms with van der Waals surface area (Å²) >= 11 is 2.89. The van der Waals surface area contributed by atoms with E-state index < -0.39 is 19.8 Å². The summed E-state index contributed by atoms with van der Waals surface area (Å²) in [6, 6.07) is 0. The Balaban J connectivity index is 4.48. The molecule has 0 aliphatic rings. The predicted octanol–water partition coefficient (Wildman–Crippen LogP) is 2.50. The van der Waals surface area contributed by atoms with Crippen molar-refractivity contribution >= 4 is 43.3 Å². The van der Waals surface area contributed by atoms with E-state index in [-0.39, 0.29) is 44.5 Å². The number of thioether (sulfide) groups is 2. The SMILES string of the molecule is C=CCOP(=O)(OCCO)OCCC(CSCCC(=O)O)SCCC(=O)O. The molecule has 2 unspecified atom stereocenters. The number of aliphatic hydroxyl groups is 1. The molecule has 0 aliphatic carbocycles. The Morgan fingerprint density at radius 2 is 1.70 bits per heavy atom. The van der Waals surface area contributed by atoms with E-state index in [2.05, 4.69) is 6.58 Å². The second-order valence-electron chi connectivity index (χ2n) is 5.07. The normalized spacial score (nSPS) is 14.4. The number of rotatable bonds is 19. The highest BCUT2D eigenvalue weighted by atomic mass is 32.2. The maximum absolute atomic E-state index is 12.4. The highest BCUT2D eigenvalue weighted by Gasteiger charge is 2.26.